The van der Waals surface area contributed by atoms with Gasteiger partial charge in [0.05, 0.1) is 6.61 Å². The summed E-state index contributed by atoms with van der Waals surface area (Å²) in [6.45, 7) is 3.74. The van der Waals surface area contributed by atoms with Crippen molar-refractivity contribution >= 4 is 22.1 Å². The SMILES string of the molecule is CCCCC/C=C\C/C=C\CCCCCCCCCC(=O)OCC(COC1OC(CS(=O)(=O)O)C(O)C(O)C1O)OC(=O)CCCCCCCCCCC/C=C\C/C=C\CCCCCCC. The summed E-state index contributed by atoms with van der Waals surface area (Å²) < 4.78 is 54.3. The molecule has 13 heteroatoms. The van der Waals surface area contributed by atoms with Gasteiger partial charge in [-0.1, -0.05) is 178 Å². The summed E-state index contributed by atoms with van der Waals surface area (Å²) in [6.07, 6.45) is 42.8. The van der Waals surface area contributed by atoms with Gasteiger partial charge in [0.15, 0.2) is 12.4 Å². The molecule has 0 aromatic heterocycles. The van der Waals surface area contributed by atoms with Gasteiger partial charge in [0, 0.05) is 12.8 Å². The highest BCUT2D eigenvalue weighted by molar-refractivity contribution is 7.85. The van der Waals surface area contributed by atoms with Gasteiger partial charge in [-0.05, 0) is 77.0 Å². The Hall–Kier alpha value is -2.39. The molecule has 12 nitrogen and oxygen atoms in total. The van der Waals surface area contributed by atoms with Gasteiger partial charge in [-0.3, -0.25) is 14.1 Å². The fourth-order valence-electron chi connectivity index (χ4n) is 7.80. The molecule has 1 aliphatic rings. The van der Waals surface area contributed by atoms with E-state index in [1.54, 1.807) is 0 Å². The third-order valence-electron chi connectivity index (χ3n) is 11.9. The number of carbonyl (C=O) groups excluding carboxylic acids is 2. The molecule has 0 radical (unpaired) electrons. The van der Waals surface area contributed by atoms with E-state index in [9.17, 15) is 37.9 Å². The molecule has 0 bridgehead atoms. The van der Waals surface area contributed by atoms with Crippen LogP contribution in [0.1, 0.15) is 219 Å². The summed E-state index contributed by atoms with van der Waals surface area (Å²) in [5, 5.41) is 31.0. The molecule has 1 fully saturated rings. The van der Waals surface area contributed by atoms with E-state index < -0.39 is 71.2 Å². The lowest BCUT2D eigenvalue weighted by molar-refractivity contribution is -0.297. The van der Waals surface area contributed by atoms with Crippen LogP contribution in [0.4, 0.5) is 0 Å². The van der Waals surface area contributed by atoms with Gasteiger partial charge < -0.3 is 34.3 Å². The number of aliphatic hydroxyl groups excluding tert-OH is 3. The number of unbranched alkanes of at least 4 members (excludes halogenated alkanes) is 24. The molecule has 6 unspecified atom stereocenters. The van der Waals surface area contributed by atoms with Gasteiger partial charge in [-0.25, -0.2) is 0 Å². The van der Waals surface area contributed by atoms with Crippen LogP contribution < -0.4 is 0 Å². The highest BCUT2D eigenvalue weighted by Gasteiger charge is 2.46. The van der Waals surface area contributed by atoms with E-state index in [4.69, 9.17) is 18.9 Å². The predicted octanol–water partition coefficient (Wildman–Crippen LogP) is 11.9. The highest BCUT2D eigenvalue weighted by atomic mass is 32.2. The lowest BCUT2D eigenvalue weighted by Gasteiger charge is -2.40. The second-order valence-electron chi connectivity index (χ2n) is 18.2. The summed E-state index contributed by atoms with van der Waals surface area (Å²) in [5.74, 6) is -1.99. The lowest BCUT2D eigenvalue weighted by atomic mass is 10.00. The first-order valence-corrected chi connectivity index (χ1v) is 27.8. The van der Waals surface area contributed by atoms with E-state index in [0.717, 1.165) is 77.0 Å². The highest BCUT2D eigenvalue weighted by Crippen LogP contribution is 2.24. The zero-order valence-corrected chi connectivity index (χ0v) is 42.1. The van der Waals surface area contributed by atoms with Crippen molar-refractivity contribution in [2.75, 3.05) is 19.0 Å². The minimum atomic E-state index is -4.61. The Balaban J connectivity index is 2.37. The van der Waals surface area contributed by atoms with E-state index in [1.165, 1.54) is 103 Å². The van der Waals surface area contributed by atoms with Crippen LogP contribution in [0.3, 0.4) is 0 Å². The Morgan fingerprint density at radius 3 is 1.36 bits per heavy atom. The minimum Gasteiger partial charge on any atom is -0.462 e. The minimum absolute atomic E-state index is 0.157. The second-order valence-corrected chi connectivity index (χ2v) is 19.7. The number of ether oxygens (including phenoxy) is 4. The average molecular weight is 955 g/mol. The number of aliphatic hydroxyl groups is 3. The normalized spacial score (nSPS) is 19.8. The first-order valence-electron chi connectivity index (χ1n) is 26.2. The molecule has 1 aliphatic heterocycles. The molecule has 0 aromatic rings. The van der Waals surface area contributed by atoms with Crippen LogP contribution in [0.15, 0.2) is 48.6 Å². The Morgan fingerprint density at radius 1 is 0.515 bits per heavy atom. The Morgan fingerprint density at radius 2 is 0.909 bits per heavy atom. The number of hydrogen-bond acceptors (Lipinski definition) is 11. The zero-order valence-electron chi connectivity index (χ0n) is 41.3. The Labute approximate surface area is 401 Å². The van der Waals surface area contributed by atoms with Crippen LogP contribution in [-0.2, 0) is 38.7 Å². The maximum absolute atomic E-state index is 12.9. The first-order chi connectivity index (χ1) is 32.0. The molecular weight excluding hydrogens is 861 g/mol. The van der Waals surface area contributed by atoms with E-state index in [0.29, 0.717) is 12.8 Å². The summed E-state index contributed by atoms with van der Waals surface area (Å²) in [6, 6.07) is 0. The van der Waals surface area contributed by atoms with Crippen LogP contribution in [0.25, 0.3) is 0 Å². The molecule has 6 atom stereocenters. The number of carbonyl (C=O) groups is 2. The zero-order chi connectivity index (χ0) is 48.4. The topological polar surface area (TPSA) is 186 Å². The number of rotatable bonds is 44. The fourth-order valence-corrected chi connectivity index (χ4v) is 8.49. The van der Waals surface area contributed by atoms with Crippen molar-refractivity contribution in [1.29, 1.82) is 0 Å². The van der Waals surface area contributed by atoms with Gasteiger partial charge in [0.2, 0.25) is 0 Å². The quantitative estimate of drug-likeness (QED) is 0.0196. The molecule has 1 rings (SSSR count). The lowest BCUT2D eigenvalue weighted by Crippen LogP contribution is -2.60. The maximum Gasteiger partial charge on any atom is 0.306 e. The van der Waals surface area contributed by atoms with Gasteiger partial charge in [-0.2, -0.15) is 8.42 Å². The predicted molar refractivity (Wildman–Crippen MR) is 266 cm³/mol. The number of hydrogen-bond donors (Lipinski definition) is 4. The molecule has 0 saturated carbocycles. The summed E-state index contributed by atoms with van der Waals surface area (Å²) in [4.78, 5) is 25.5. The van der Waals surface area contributed by atoms with Gasteiger partial charge in [0.25, 0.3) is 10.1 Å². The van der Waals surface area contributed by atoms with Crippen molar-refractivity contribution < 1.29 is 56.8 Å². The second kappa shape index (κ2) is 42.7. The third-order valence-corrected chi connectivity index (χ3v) is 12.6. The van der Waals surface area contributed by atoms with E-state index in [1.807, 2.05) is 0 Å². The van der Waals surface area contributed by atoms with Gasteiger partial charge >= 0.3 is 11.9 Å². The van der Waals surface area contributed by atoms with Crippen LogP contribution in [-0.4, -0.2) is 96.0 Å². The molecule has 66 heavy (non-hydrogen) atoms. The molecule has 4 N–H and O–H groups in total. The standard InChI is InChI=1S/C53H94O12S/c1-3-5-7-9-11-13-15-17-19-21-22-23-24-26-28-30-32-34-36-38-40-42-49(55)64-46(44-63-53-52(58)51(57)50(56)47(65-53)45-66(59,60)61)43-62-48(54)41-39-37-35-33-31-29-27-25-20-18-16-14-12-10-8-6-4-2/h12,14-15,17-18,20-22,46-47,50-53,56-58H,3-11,13,16,19,23-45H2,1-2H3,(H,59,60,61)/b14-12-,17-15-,20-18-,22-21-. The van der Waals surface area contributed by atoms with E-state index in [-0.39, 0.29) is 19.4 Å². The summed E-state index contributed by atoms with van der Waals surface area (Å²) in [5.41, 5.74) is 0. The Kier molecular flexibility index (Phi) is 39.9. The van der Waals surface area contributed by atoms with Crippen molar-refractivity contribution in [2.24, 2.45) is 0 Å². The molecule has 0 spiro atoms. The van der Waals surface area contributed by atoms with E-state index in [2.05, 4.69) is 62.5 Å². The molecule has 0 aromatic carbocycles. The van der Waals surface area contributed by atoms with E-state index >= 15 is 0 Å². The summed E-state index contributed by atoms with van der Waals surface area (Å²) >= 11 is 0. The fraction of sp³-hybridized carbons (Fsp3) is 0.811. The van der Waals surface area contributed by atoms with Gasteiger partial charge in [0.1, 0.15) is 36.8 Å². The smallest absolute Gasteiger partial charge is 0.306 e. The summed E-state index contributed by atoms with van der Waals surface area (Å²) in [7, 11) is -4.61. The van der Waals surface area contributed by atoms with Crippen molar-refractivity contribution in [3.8, 4) is 0 Å². The molecular formula is C53H94O12S. The monoisotopic (exact) mass is 955 g/mol. The molecule has 0 aliphatic carbocycles. The molecule has 1 saturated heterocycles. The van der Waals surface area contributed by atoms with Crippen molar-refractivity contribution in [3.05, 3.63) is 48.6 Å². The largest absolute Gasteiger partial charge is 0.462 e. The van der Waals surface area contributed by atoms with Crippen molar-refractivity contribution in [3.63, 3.8) is 0 Å². The first kappa shape index (κ1) is 61.6. The molecule has 384 valence electrons. The number of esters is 2. The van der Waals surface area contributed by atoms with Crippen molar-refractivity contribution in [1.82, 2.24) is 0 Å². The third kappa shape index (κ3) is 36.6. The number of allylic oxidation sites excluding steroid dienone is 8. The Bertz CT molecular complexity index is 1400. The van der Waals surface area contributed by atoms with Gasteiger partial charge in [-0.15, -0.1) is 0 Å². The molecule has 0 amide bonds. The van der Waals surface area contributed by atoms with Crippen molar-refractivity contribution in [2.45, 2.75) is 256 Å². The molecule has 1 heterocycles. The van der Waals surface area contributed by atoms with Crippen LogP contribution in [0.5, 0.6) is 0 Å². The van der Waals surface area contributed by atoms with Crippen LogP contribution in [0, 0.1) is 0 Å². The van der Waals surface area contributed by atoms with Crippen LogP contribution in [0.2, 0.25) is 0 Å². The average Bonchev–Trinajstić information content (AvgIpc) is 3.28. The maximum atomic E-state index is 12.9. The van der Waals surface area contributed by atoms with Crippen LogP contribution >= 0.6 is 0 Å².